The smallest absolute Gasteiger partial charge is 0.220 e. The molecule has 0 saturated carbocycles. The van der Waals surface area contributed by atoms with Gasteiger partial charge in [-0.05, 0) is 40.1 Å². The molecule has 0 N–H and O–H groups in total. The van der Waals surface area contributed by atoms with Crippen LogP contribution in [0.2, 0.25) is 0 Å². The molecular weight excluding hydrogens is 422 g/mol. The van der Waals surface area contributed by atoms with Crippen molar-refractivity contribution in [3.05, 3.63) is 108 Å². The van der Waals surface area contributed by atoms with E-state index in [9.17, 15) is 0 Å². The first-order valence-corrected chi connectivity index (χ1v) is 11.1. The van der Waals surface area contributed by atoms with E-state index in [2.05, 4.69) is 35.1 Å². The highest BCUT2D eigenvalue weighted by molar-refractivity contribution is 6.03. The van der Waals surface area contributed by atoms with Gasteiger partial charge in [0.2, 0.25) is 11.6 Å². The van der Waals surface area contributed by atoms with Crippen LogP contribution in [-0.4, -0.2) is 20.0 Å². The second-order valence-corrected chi connectivity index (χ2v) is 8.32. The average Bonchev–Trinajstić information content (AvgIpc) is 3.42. The summed E-state index contributed by atoms with van der Waals surface area (Å²) in [5, 5.41) is 9.55. The minimum absolute atomic E-state index is 0.302. The molecule has 2 aromatic heterocycles. The minimum atomic E-state index is 0.302. The maximum Gasteiger partial charge on any atom is 0.220 e. The fraction of sp³-hybridized carbons (Fsp3) is 0.143. The summed E-state index contributed by atoms with van der Waals surface area (Å²) in [4.78, 5) is 8.79. The van der Waals surface area contributed by atoms with Crippen molar-refractivity contribution in [2.24, 2.45) is 0 Å². The molecule has 5 aromatic rings. The van der Waals surface area contributed by atoms with E-state index in [-0.39, 0.29) is 0 Å². The standard InChI is InChI=1S/C28H23N5O/c1-19(2)22-8-4-5-9-23(22)27-26(29-3)24-10-6-7-11-25(24)28(31-27)34-18-20-12-14-21(15-13-20)33-17-16-30-32-33/h4-17,19H,18H2,1-2H3. The van der Waals surface area contributed by atoms with Gasteiger partial charge in [0.05, 0.1) is 30.3 Å². The lowest BCUT2D eigenvalue weighted by atomic mass is 9.93. The number of hydrogen-bond donors (Lipinski definition) is 0. The van der Waals surface area contributed by atoms with E-state index in [1.165, 1.54) is 0 Å². The molecule has 0 amide bonds. The molecule has 0 aliphatic carbocycles. The zero-order valence-electron chi connectivity index (χ0n) is 19.0. The van der Waals surface area contributed by atoms with E-state index in [1.54, 1.807) is 17.1 Å². The Kier molecular flexibility index (Phi) is 5.75. The molecule has 3 aromatic carbocycles. The lowest BCUT2D eigenvalue weighted by molar-refractivity contribution is 0.298. The Morgan fingerprint density at radius 1 is 0.941 bits per heavy atom. The fourth-order valence-electron chi connectivity index (χ4n) is 4.09. The summed E-state index contributed by atoms with van der Waals surface area (Å²) in [5.41, 5.74) is 5.27. The van der Waals surface area contributed by atoms with Crippen molar-refractivity contribution in [2.75, 3.05) is 0 Å². The van der Waals surface area contributed by atoms with Gasteiger partial charge in [-0.15, -0.1) is 5.10 Å². The Labute approximate surface area is 198 Å². The zero-order valence-corrected chi connectivity index (χ0v) is 19.0. The molecule has 0 fully saturated rings. The van der Waals surface area contributed by atoms with Gasteiger partial charge in [0.1, 0.15) is 6.61 Å². The van der Waals surface area contributed by atoms with Crippen LogP contribution in [0, 0.1) is 6.57 Å². The van der Waals surface area contributed by atoms with E-state index in [0.29, 0.717) is 29.8 Å². The number of aromatic nitrogens is 4. The second-order valence-electron chi connectivity index (χ2n) is 8.32. The Balaban J connectivity index is 1.55. The molecule has 5 rings (SSSR count). The molecule has 0 saturated heterocycles. The number of pyridine rings is 1. The van der Waals surface area contributed by atoms with Crippen molar-refractivity contribution in [1.29, 1.82) is 0 Å². The van der Waals surface area contributed by atoms with E-state index in [1.807, 2.05) is 66.7 Å². The van der Waals surface area contributed by atoms with Crippen LogP contribution in [0.15, 0.2) is 85.2 Å². The molecule has 6 nitrogen and oxygen atoms in total. The first kappa shape index (κ1) is 21.4. The lowest BCUT2D eigenvalue weighted by Crippen LogP contribution is -2.01. The van der Waals surface area contributed by atoms with Crippen molar-refractivity contribution >= 4 is 16.5 Å². The van der Waals surface area contributed by atoms with Gasteiger partial charge in [-0.25, -0.2) is 14.5 Å². The quantitative estimate of drug-likeness (QED) is 0.272. The number of nitrogens with zero attached hydrogens (tertiary/aromatic N) is 5. The highest BCUT2D eigenvalue weighted by Crippen LogP contribution is 2.42. The molecule has 34 heavy (non-hydrogen) atoms. The van der Waals surface area contributed by atoms with Crippen molar-refractivity contribution in [2.45, 2.75) is 26.4 Å². The summed E-state index contributed by atoms with van der Waals surface area (Å²) in [7, 11) is 0. The van der Waals surface area contributed by atoms with Gasteiger partial charge in [-0.1, -0.05) is 79.7 Å². The highest BCUT2D eigenvalue weighted by Gasteiger charge is 2.19. The first-order chi connectivity index (χ1) is 16.7. The third-order valence-electron chi connectivity index (χ3n) is 5.80. The summed E-state index contributed by atoms with van der Waals surface area (Å²) in [6.07, 6.45) is 3.45. The average molecular weight is 446 g/mol. The molecular formula is C28H23N5O. The Bertz CT molecular complexity index is 1480. The molecule has 6 heteroatoms. The molecule has 2 heterocycles. The Hall–Kier alpha value is -4.50. The van der Waals surface area contributed by atoms with Gasteiger partial charge in [0.15, 0.2) is 0 Å². The van der Waals surface area contributed by atoms with Crippen LogP contribution < -0.4 is 4.74 Å². The van der Waals surface area contributed by atoms with Crippen LogP contribution in [0.4, 0.5) is 5.69 Å². The van der Waals surface area contributed by atoms with Crippen LogP contribution in [0.5, 0.6) is 5.88 Å². The Morgan fingerprint density at radius 2 is 1.68 bits per heavy atom. The molecule has 0 atom stereocenters. The maximum absolute atomic E-state index is 7.91. The van der Waals surface area contributed by atoms with E-state index < -0.39 is 0 Å². The van der Waals surface area contributed by atoms with Gasteiger partial charge >= 0.3 is 0 Å². The van der Waals surface area contributed by atoms with E-state index >= 15 is 0 Å². The van der Waals surface area contributed by atoms with Crippen LogP contribution in [0.1, 0.15) is 30.9 Å². The van der Waals surface area contributed by atoms with Crippen molar-refractivity contribution in [3.8, 4) is 22.8 Å². The summed E-state index contributed by atoms with van der Waals surface area (Å²) >= 11 is 0. The predicted molar refractivity (Wildman–Crippen MR) is 133 cm³/mol. The summed E-state index contributed by atoms with van der Waals surface area (Å²) < 4.78 is 7.96. The van der Waals surface area contributed by atoms with Crippen molar-refractivity contribution in [1.82, 2.24) is 20.0 Å². The third kappa shape index (κ3) is 4.00. The number of ether oxygens (including phenoxy) is 1. The van der Waals surface area contributed by atoms with Crippen molar-refractivity contribution < 1.29 is 4.74 Å². The SMILES string of the molecule is [C-]#[N+]c1c(-c2ccccc2C(C)C)nc(OCc2ccc(-n3ccnn3)cc2)c2ccccc12. The van der Waals surface area contributed by atoms with Gasteiger partial charge < -0.3 is 4.74 Å². The number of benzene rings is 3. The van der Waals surface area contributed by atoms with Crippen LogP contribution in [-0.2, 0) is 6.61 Å². The second kappa shape index (κ2) is 9.16. The van der Waals surface area contributed by atoms with Gasteiger partial charge in [-0.2, -0.15) is 0 Å². The van der Waals surface area contributed by atoms with E-state index in [4.69, 9.17) is 16.3 Å². The Morgan fingerprint density at radius 3 is 2.38 bits per heavy atom. The fourth-order valence-corrected chi connectivity index (χ4v) is 4.09. The van der Waals surface area contributed by atoms with Crippen LogP contribution in [0.25, 0.3) is 32.6 Å². The summed E-state index contributed by atoms with van der Waals surface area (Å²) in [5.74, 6) is 0.827. The number of fused-ring (bicyclic) bond motifs is 1. The number of rotatable bonds is 6. The molecule has 166 valence electrons. The zero-order chi connectivity index (χ0) is 23.5. The highest BCUT2D eigenvalue weighted by atomic mass is 16.5. The van der Waals surface area contributed by atoms with E-state index in [0.717, 1.165) is 33.2 Å². The molecule has 0 aliphatic rings. The van der Waals surface area contributed by atoms with Crippen LogP contribution in [0.3, 0.4) is 0 Å². The molecule has 0 unspecified atom stereocenters. The largest absolute Gasteiger partial charge is 0.472 e. The topological polar surface area (TPSA) is 57.2 Å². The number of hydrogen-bond acceptors (Lipinski definition) is 4. The normalized spacial score (nSPS) is 11.0. The van der Waals surface area contributed by atoms with Gasteiger partial charge in [0.25, 0.3) is 0 Å². The minimum Gasteiger partial charge on any atom is -0.472 e. The summed E-state index contributed by atoms with van der Waals surface area (Å²) in [6, 6.07) is 23.9. The first-order valence-electron chi connectivity index (χ1n) is 11.1. The maximum atomic E-state index is 7.91. The summed E-state index contributed by atoms with van der Waals surface area (Å²) in [6.45, 7) is 12.6. The molecule has 0 aliphatic heterocycles. The van der Waals surface area contributed by atoms with Gasteiger partial charge in [-0.3, -0.25) is 0 Å². The van der Waals surface area contributed by atoms with Gasteiger partial charge in [0, 0.05) is 5.39 Å². The van der Waals surface area contributed by atoms with Crippen LogP contribution >= 0.6 is 0 Å². The lowest BCUT2D eigenvalue weighted by Gasteiger charge is -2.17. The predicted octanol–water partition coefficient (Wildman–Crippen LogP) is 6.74. The monoisotopic (exact) mass is 445 g/mol. The molecule has 0 spiro atoms. The van der Waals surface area contributed by atoms with Crippen molar-refractivity contribution in [3.63, 3.8) is 0 Å². The molecule has 0 bridgehead atoms. The third-order valence-corrected chi connectivity index (χ3v) is 5.80. The molecule has 0 radical (unpaired) electrons.